The molecule has 2 heterocycles. The molecular weight excluding hydrogens is 350 g/mol. The fraction of sp³-hybridized carbons (Fsp3) is 0.526. The minimum atomic E-state index is -1.25. The molecule has 0 radical (unpaired) electrons. The number of benzene rings is 1. The minimum absolute atomic E-state index is 0.0578. The van der Waals surface area contributed by atoms with E-state index in [4.69, 9.17) is 9.47 Å². The van der Waals surface area contributed by atoms with Gasteiger partial charge in [0.05, 0.1) is 0 Å². The highest BCUT2D eigenvalue weighted by Gasteiger charge is 2.50. The molecule has 0 aromatic heterocycles. The summed E-state index contributed by atoms with van der Waals surface area (Å²) in [6.45, 7) is 4.19. The second-order valence-corrected chi connectivity index (χ2v) is 7.50. The normalized spacial score (nSPS) is 25.2. The van der Waals surface area contributed by atoms with Crippen LogP contribution in [-0.2, 0) is 15.1 Å². The predicted octanol–water partition coefficient (Wildman–Crippen LogP) is 1.14. The molecule has 1 saturated heterocycles. The average Bonchev–Trinajstić information content (AvgIpc) is 3.47. The Bertz CT molecular complexity index is 807. The molecule has 1 saturated carbocycles. The van der Waals surface area contributed by atoms with Gasteiger partial charge in [0.15, 0.2) is 11.5 Å². The van der Waals surface area contributed by atoms with E-state index in [1.807, 2.05) is 6.92 Å². The molecule has 0 spiro atoms. The summed E-state index contributed by atoms with van der Waals surface area (Å²) in [5.41, 5.74) is -0.672. The number of amides is 4. The maximum absolute atomic E-state index is 13.0. The highest BCUT2D eigenvalue weighted by molar-refractivity contribution is 6.09. The van der Waals surface area contributed by atoms with Crippen molar-refractivity contribution in [2.45, 2.75) is 38.3 Å². The van der Waals surface area contributed by atoms with Crippen molar-refractivity contribution in [3.63, 3.8) is 0 Å². The largest absolute Gasteiger partial charge is 0.486 e. The standard InChI is InChI=1S/C19H23N3O5/c1-11(12-3-4-12)20-16(23)10-22-17(24)19(2,21-18(22)25)13-5-6-14-15(9-13)27-8-7-26-14/h5-6,9,11-12H,3-4,7-8,10H2,1-2H3,(H,20,23)(H,21,25)/t11-,19+/m1/s1. The number of carbonyl (C=O) groups is 3. The lowest BCUT2D eigenvalue weighted by atomic mass is 9.91. The Labute approximate surface area is 157 Å². The van der Waals surface area contributed by atoms with Crippen LogP contribution in [0.4, 0.5) is 4.79 Å². The lowest BCUT2D eigenvalue weighted by Crippen LogP contribution is -2.45. The molecule has 0 unspecified atom stereocenters. The number of ether oxygens (including phenoxy) is 2. The number of nitrogens with zero attached hydrogens (tertiary/aromatic N) is 1. The van der Waals surface area contributed by atoms with E-state index in [0.29, 0.717) is 36.2 Å². The summed E-state index contributed by atoms with van der Waals surface area (Å²) >= 11 is 0. The summed E-state index contributed by atoms with van der Waals surface area (Å²) in [5, 5.41) is 5.58. The number of hydrogen-bond acceptors (Lipinski definition) is 5. The molecule has 8 nitrogen and oxygen atoms in total. The molecule has 1 aliphatic carbocycles. The molecule has 8 heteroatoms. The van der Waals surface area contributed by atoms with Crippen molar-refractivity contribution < 1.29 is 23.9 Å². The summed E-state index contributed by atoms with van der Waals surface area (Å²) < 4.78 is 11.1. The maximum Gasteiger partial charge on any atom is 0.325 e. The van der Waals surface area contributed by atoms with Crippen LogP contribution in [0.5, 0.6) is 11.5 Å². The van der Waals surface area contributed by atoms with E-state index < -0.39 is 17.5 Å². The van der Waals surface area contributed by atoms with Crippen LogP contribution in [0.3, 0.4) is 0 Å². The molecular formula is C19H23N3O5. The SMILES string of the molecule is C[C@@H](NC(=O)CN1C(=O)N[C@@](C)(c2ccc3c(c2)OCCO3)C1=O)C1CC1. The summed E-state index contributed by atoms with van der Waals surface area (Å²) in [5.74, 6) is 0.856. The van der Waals surface area contributed by atoms with Gasteiger partial charge in [-0.3, -0.25) is 14.5 Å². The highest BCUT2D eigenvalue weighted by atomic mass is 16.6. The van der Waals surface area contributed by atoms with Crippen LogP contribution in [-0.4, -0.2) is 48.5 Å². The Morgan fingerprint density at radius 2 is 2.00 bits per heavy atom. The van der Waals surface area contributed by atoms with Crippen molar-refractivity contribution in [3.05, 3.63) is 23.8 Å². The topological polar surface area (TPSA) is 97.0 Å². The molecule has 144 valence electrons. The Morgan fingerprint density at radius 1 is 1.30 bits per heavy atom. The predicted molar refractivity (Wildman–Crippen MR) is 95.4 cm³/mol. The molecule has 1 aromatic carbocycles. The van der Waals surface area contributed by atoms with Gasteiger partial charge in [-0.25, -0.2) is 4.79 Å². The van der Waals surface area contributed by atoms with Gasteiger partial charge in [0.1, 0.15) is 25.3 Å². The summed E-state index contributed by atoms with van der Waals surface area (Å²) in [6, 6.07) is 4.63. The molecule has 27 heavy (non-hydrogen) atoms. The third kappa shape index (κ3) is 3.20. The van der Waals surface area contributed by atoms with Gasteiger partial charge in [-0.05, 0) is 50.3 Å². The number of hydrogen-bond donors (Lipinski definition) is 2. The fourth-order valence-corrected chi connectivity index (χ4v) is 3.55. The molecule has 2 N–H and O–H groups in total. The molecule has 2 atom stereocenters. The molecule has 3 aliphatic rings. The Kier molecular flexibility index (Phi) is 4.20. The van der Waals surface area contributed by atoms with Gasteiger partial charge in [-0.2, -0.15) is 0 Å². The summed E-state index contributed by atoms with van der Waals surface area (Å²) in [6.07, 6.45) is 2.21. The Balaban J connectivity index is 1.50. The lowest BCUT2D eigenvalue weighted by Gasteiger charge is -2.25. The molecule has 2 aliphatic heterocycles. The van der Waals surface area contributed by atoms with E-state index in [-0.39, 0.29) is 18.5 Å². The van der Waals surface area contributed by atoms with E-state index in [1.54, 1.807) is 25.1 Å². The lowest BCUT2D eigenvalue weighted by molar-refractivity contribution is -0.135. The number of rotatable bonds is 5. The van der Waals surface area contributed by atoms with E-state index in [0.717, 1.165) is 17.7 Å². The van der Waals surface area contributed by atoms with Gasteiger partial charge in [0.2, 0.25) is 5.91 Å². The van der Waals surface area contributed by atoms with Crippen LogP contribution in [0.1, 0.15) is 32.3 Å². The third-order valence-electron chi connectivity index (χ3n) is 5.41. The monoisotopic (exact) mass is 373 g/mol. The second-order valence-electron chi connectivity index (χ2n) is 7.50. The van der Waals surface area contributed by atoms with Gasteiger partial charge in [-0.15, -0.1) is 0 Å². The zero-order valence-electron chi connectivity index (χ0n) is 15.4. The van der Waals surface area contributed by atoms with E-state index in [1.165, 1.54) is 0 Å². The first kappa shape index (κ1) is 17.6. The van der Waals surface area contributed by atoms with Crippen LogP contribution in [0, 0.1) is 5.92 Å². The van der Waals surface area contributed by atoms with E-state index >= 15 is 0 Å². The van der Waals surface area contributed by atoms with E-state index in [2.05, 4.69) is 10.6 Å². The van der Waals surface area contributed by atoms with Crippen molar-refractivity contribution in [1.82, 2.24) is 15.5 Å². The molecule has 0 bridgehead atoms. The van der Waals surface area contributed by atoms with Crippen LogP contribution < -0.4 is 20.1 Å². The third-order valence-corrected chi connectivity index (χ3v) is 5.41. The zero-order chi connectivity index (χ0) is 19.2. The number of urea groups is 1. The number of imide groups is 1. The number of nitrogens with one attached hydrogen (secondary N) is 2. The Hall–Kier alpha value is -2.77. The smallest absolute Gasteiger partial charge is 0.325 e. The molecule has 2 fully saturated rings. The van der Waals surface area contributed by atoms with Crippen molar-refractivity contribution in [1.29, 1.82) is 0 Å². The van der Waals surface area contributed by atoms with Crippen LogP contribution >= 0.6 is 0 Å². The van der Waals surface area contributed by atoms with Crippen molar-refractivity contribution in [2.24, 2.45) is 5.92 Å². The Morgan fingerprint density at radius 3 is 2.70 bits per heavy atom. The molecule has 4 rings (SSSR count). The first-order chi connectivity index (χ1) is 12.9. The zero-order valence-corrected chi connectivity index (χ0v) is 15.4. The maximum atomic E-state index is 13.0. The molecule has 4 amide bonds. The van der Waals surface area contributed by atoms with Gasteiger partial charge >= 0.3 is 6.03 Å². The van der Waals surface area contributed by atoms with Crippen LogP contribution in [0.15, 0.2) is 18.2 Å². The van der Waals surface area contributed by atoms with Gasteiger partial charge in [-0.1, -0.05) is 6.07 Å². The average molecular weight is 373 g/mol. The highest BCUT2D eigenvalue weighted by Crippen LogP contribution is 2.37. The number of fused-ring (bicyclic) bond motifs is 1. The molecule has 1 aromatic rings. The summed E-state index contributed by atoms with van der Waals surface area (Å²) in [7, 11) is 0. The van der Waals surface area contributed by atoms with E-state index in [9.17, 15) is 14.4 Å². The van der Waals surface area contributed by atoms with Crippen LogP contribution in [0.25, 0.3) is 0 Å². The first-order valence-electron chi connectivity index (χ1n) is 9.22. The van der Waals surface area contributed by atoms with Gasteiger partial charge < -0.3 is 20.1 Å². The van der Waals surface area contributed by atoms with Gasteiger partial charge in [0.25, 0.3) is 5.91 Å². The number of carbonyl (C=O) groups excluding carboxylic acids is 3. The quantitative estimate of drug-likeness (QED) is 0.755. The second kappa shape index (κ2) is 6.44. The van der Waals surface area contributed by atoms with Crippen molar-refractivity contribution in [3.8, 4) is 11.5 Å². The van der Waals surface area contributed by atoms with Crippen LogP contribution in [0.2, 0.25) is 0 Å². The van der Waals surface area contributed by atoms with Crippen molar-refractivity contribution in [2.75, 3.05) is 19.8 Å². The minimum Gasteiger partial charge on any atom is -0.486 e. The summed E-state index contributed by atoms with van der Waals surface area (Å²) in [4.78, 5) is 38.6. The van der Waals surface area contributed by atoms with Crippen molar-refractivity contribution >= 4 is 17.8 Å². The van der Waals surface area contributed by atoms with Gasteiger partial charge in [0, 0.05) is 6.04 Å². The fourth-order valence-electron chi connectivity index (χ4n) is 3.55. The first-order valence-corrected chi connectivity index (χ1v) is 9.22.